The lowest BCUT2D eigenvalue weighted by molar-refractivity contribution is 0.0698. The highest BCUT2D eigenvalue weighted by molar-refractivity contribution is 5.96. The lowest BCUT2D eigenvalue weighted by Crippen LogP contribution is -1.96. The summed E-state index contributed by atoms with van der Waals surface area (Å²) < 4.78 is 0. The van der Waals surface area contributed by atoms with E-state index < -0.39 is 5.97 Å². The first-order valence-electron chi connectivity index (χ1n) is 4.44. The maximum absolute atomic E-state index is 10.9. The topological polar surface area (TPSA) is 79.1 Å². The van der Waals surface area contributed by atoms with Gasteiger partial charge in [-0.3, -0.25) is 0 Å². The third-order valence-electron chi connectivity index (χ3n) is 2.17. The second-order valence-corrected chi connectivity index (χ2v) is 3.21. The van der Waals surface area contributed by atoms with Gasteiger partial charge in [0.05, 0.1) is 5.56 Å². The van der Waals surface area contributed by atoms with Gasteiger partial charge >= 0.3 is 5.97 Å². The van der Waals surface area contributed by atoms with E-state index in [-0.39, 0.29) is 5.56 Å². The number of carboxylic acid groups (broad SMARTS) is 1. The molecule has 4 heteroatoms. The molecular weight excluding hydrogens is 192 g/mol. The van der Waals surface area contributed by atoms with Gasteiger partial charge in [0.15, 0.2) is 0 Å². The third-order valence-corrected chi connectivity index (χ3v) is 2.17. The van der Waals surface area contributed by atoms with Gasteiger partial charge in [0, 0.05) is 23.6 Å². The molecule has 0 fully saturated rings. The molecule has 0 amide bonds. The predicted molar refractivity (Wildman–Crippen MR) is 57.6 cm³/mol. The van der Waals surface area contributed by atoms with Crippen LogP contribution >= 0.6 is 0 Å². The van der Waals surface area contributed by atoms with Crippen LogP contribution in [0.25, 0.3) is 11.1 Å². The van der Waals surface area contributed by atoms with Gasteiger partial charge in [-0.05, 0) is 17.7 Å². The molecule has 76 valence electrons. The standard InChI is InChI=1S/C11H10N2O2/c12-8-3-1-2-7(4-8)9-5-13-6-10(9)11(14)15/h1-6,13H,12H2,(H,14,15). The molecule has 15 heavy (non-hydrogen) atoms. The van der Waals surface area contributed by atoms with Crippen LogP contribution in [0, 0.1) is 0 Å². The largest absolute Gasteiger partial charge is 0.478 e. The molecule has 4 nitrogen and oxygen atoms in total. The molecule has 0 aliphatic carbocycles. The number of aromatic nitrogens is 1. The zero-order chi connectivity index (χ0) is 10.8. The summed E-state index contributed by atoms with van der Waals surface area (Å²) in [5.74, 6) is -0.950. The summed E-state index contributed by atoms with van der Waals surface area (Å²) in [6.45, 7) is 0. The molecule has 0 aliphatic heterocycles. The molecule has 0 bridgehead atoms. The molecule has 4 N–H and O–H groups in total. The molecule has 2 rings (SSSR count). The average Bonchev–Trinajstić information content (AvgIpc) is 2.65. The van der Waals surface area contributed by atoms with Crippen molar-refractivity contribution in [2.24, 2.45) is 0 Å². The molecule has 2 aromatic rings. The Balaban J connectivity index is 2.54. The molecular formula is C11H10N2O2. The van der Waals surface area contributed by atoms with Crippen molar-refractivity contribution in [3.63, 3.8) is 0 Å². The molecule has 0 spiro atoms. The molecule has 0 atom stereocenters. The van der Waals surface area contributed by atoms with Gasteiger partial charge in [-0.1, -0.05) is 12.1 Å². The van der Waals surface area contributed by atoms with E-state index in [0.29, 0.717) is 11.3 Å². The normalized spacial score (nSPS) is 10.1. The van der Waals surface area contributed by atoms with Gasteiger partial charge in [0.2, 0.25) is 0 Å². The zero-order valence-electron chi connectivity index (χ0n) is 7.90. The molecule has 0 saturated heterocycles. The number of anilines is 1. The van der Waals surface area contributed by atoms with E-state index in [1.807, 2.05) is 6.07 Å². The number of H-pyrrole nitrogens is 1. The van der Waals surface area contributed by atoms with Gasteiger partial charge in [0.1, 0.15) is 0 Å². The summed E-state index contributed by atoms with van der Waals surface area (Å²) in [6.07, 6.45) is 3.11. The van der Waals surface area contributed by atoms with Crippen molar-refractivity contribution in [2.75, 3.05) is 5.73 Å². The van der Waals surface area contributed by atoms with Crippen molar-refractivity contribution in [3.05, 3.63) is 42.2 Å². The first-order chi connectivity index (χ1) is 7.18. The Kier molecular flexibility index (Phi) is 2.17. The first-order valence-corrected chi connectivity index (χ1v) is 4.44. The lowest BCUT2D eigenvalue weighted by Gasteiger charge is -2.01. The number of carbonyl (C=O) groups is 1. The number of nitrogen functional groups attached to an aromatic ring is 1. The van der Waals surface area contributed by atoms with Crippen molar-refractivity contribution in [2.45, 2.75) is 0 Å². The Morgan fingerprint density at radius 3 is 2.80 bits per heavy atom. The number of hydrogen-bond acceptors (Lipinski definition) is 2. The minimum absolute atomic E-state index is 0.251. The molecule has 0 saturated carbocycles. The molecule has 0 aliphatic rings. The SMILES string of the molecule is Nc1cccc(-c2c[nH]cc2C(=O)O)c1. The predicted octanol–water partition coefficient (Wildman–Crippen LogP) is 1.96. The molecule has 0 radical (unpaired) electrons. The minimum Gasteiger partial charge on any atom is -0.478 e. The number of nitrogens with two attached hydrogens (primary N) is 1. The summed E-state index contributed by atoms with van der Waals surface area (Å²) >= 11 is 0. The highest BCUT2D eigenvalue weighted by Gasteiger charge is 2.12. The first kappa shape index (κ1) is 9.33. The summed E-state index contributed by atoms with van der Waals surface area (Å²) in [5.41, 5.74) is 7.95. The van der Waals surface area contributed by atoms with Crippen LogP contribution in [0.3, 0.4) is 0 Å². The number of aromatic amines is 1. The molecule has 0 unspecified atom stereocenters. The fraction of sp³-hybridized carbons (Fsp3) is 0. The van der Waals surface area contributed by atoms with Crippen LogP contribution in [-0.4, -0.2) is 16.1 Å². The van der Waals surface area contributed by atoms with Gasteiger partial charge in [0.25, 0.3) is 0 Å². The number of hydrogen-bond donors (Lipinski definition) is 3. The van der Waals surface area contributed by atoms with E-state index in [4.69, 9.17) is 10.8 Å². The van der Waals surface area contributed by atoms with Gasteiger partial charge in [-0.15, -0.1) is 0 Å². The zero-order valence-corrected chi connectivity index (χ0v) is 7.90. The Hall–Kier alpha value is -2.23. The van der Waals surface area contributed by atoms with E-state index in [1.165, 1.54) is 6.20 Å². The Bertz CT molecular complexity index is 503. The van der Waals surface area contributed by atoms with Crippen LogP contribution in [0.4, 0.5) is 5.69 Å². The number of carboxylic acids is 1. The Morgan fingerprint density at radius 1 is 1.33 bits per heavy atom. The van der Waals surface area contributed by atoms with Gasteiger partial charge in [-0.2, -0.15) is 0 Å². The second-order valence-electron chi connectivity index (χ2n) is 3.21. The number of benzene rings is 1. The summed E-state index contributed by atoms with van der Waals surface area (Å²) in [5, 5.41) is 8.93. The van der Waals surface area contributed by atoms with E-state index >= 15 is 0 Å². The maximum Gasteiger partial charge on any atom is 0.337 e. The monoisotopic (exact) mass is 202 g/mol. The quantitative estimate of drug-likeness (QED) is 0.651. The lowest BCUT2D eigenvalue weighted by atomic mass is 10.0. The summed E-state index contributed by atoms with van der Waals surface area (Å²) in [4.78, 5) is 13.7. The summed E-state index contributed by atoms with van der Waals surface area (Å²) in [7, 11) is 0. The van der Waals surface area contributed by atoms with Crippen molar-refractivity contribution in [1.29, 1.82) is 0 Å². The van der Waals surface area contributed by atoms with E-state index in [1.54, 1.807) is 24.4 Å². The van der Waals surface area contributed by atoms with Crippen LogP contribution in [0.5, 0.6) is 0 Å². The average molecular weight is 202 g/mol. The number of nitrogens with one attached hydrogen (secondary N) is 1. The van der Waals surface area contributed by atoms with Crippen molar-refractivity contribution < 1.29 is 9.90 Å². The number of aromatic carboxylic acids is 1. The smallest absolute Gasteiger partial charge is 0.337 e. The van der Waals surface area contributed by atoms with Crippen LogP contribution in [0.1, 0.15) is 10.4 Å². The molecule has 1 aromatic carbocycles. The van der Waals surface area contributed by atoms with Crippen molar-refractivity contribution in [1.82, 2.24) is 4.98 Å². The van der Waals surface area contributed by atoms with Crippen molar-refractivity contribution >= 4 is 11.7 Å². The Labute approximate surface area is 86.4 Å². The van der Waals surface area contributed by atoms with Gasteiger partial charge < -0.3 is 15.8 Å². The van der Waals surface area contributed by atoms with E-state index in [9.17, 15) is 4.79 Å². The van der Waals surface area contributed by atoms with Crippen LogP contribution in [0.2, 0.25) is 0 Å². The fourth-order valence-corrected chi connectivity index (χ4v) is 1.49. The van der Waals surface area contributed by atoms with Crippen molar-refractivity contribution in [3.8, 4) is 11.1 Å². The highest BCUT2D eigenvalue weighted by atomic mass is 16.4. The molecule has 1 heterocycles. The van der Waals surface area contributed by atoms with Crippen LogP contribution < -0.4 is 5.73 Å². The maximum atomic E-state index is 10.9. The fourth-order valence-electron chi connectivity index (χ4n) is 1.49. The molecule has 1 aromatic heterocycles. The minimum atomic E-state index is -0.950. The Morgan fingerprint density at radius 2 is 2.13 bits per heavy atom. The summed E-state index contributed by atoms with van der Waals surface area (Å²) in [6, 6.07) is 7.13. The van der Waals surface area contributed by atoms with E-state index in [0.717, 1.165) is 5.56 Å². The second kappa shape index (κ2) is 3.49. The van der Waals surface area contributed by atoms with Crippen LogP contribution in [0.15, 0.2) is 36.7 Å². The van der Waals surface area contributed by atoms with E-state index in [2.05, 4.69) is 4.98 Å². The van der Waals surface area contributed by atoms with Crippen LogP contribution in [-0.2, 0) is 0 Å². The van der Waals surface area contributed by atoms with Gasteiger partial charge in [-0.25, -0.2) is 4.79 Å². The highest BCUT2D eigenvalue weighted by Crippen LogP contribution is 2.24. The number of rotatable bonds is 2. The third kappa shape index (κ3) is 1.69.